The Balaban J connectivity index is 0.00000225. The Bertz CT molecular complexity index is 389. The van der Waals surface area contributed by atoms with E-state index < -0.39 is 17.7 Å². The van der Waals surface area contributed by atoms with Gasteiger partial charge in [-0.3, -0.25) is 9.78 Å². The summed E-state index contributed by atoms with van der Waals surface area (Å²) >= 11 is 0. The van der Waals surface area contributed by atoms with Crippen molar-refractivity contribution in [1.82, 2.24) is 4.98 Å². The number of allylic oxidation sites excluding steroid dienone is 2. The molecular weight excluding hydrogens is 234 g/mol. The first-order chi connectivity index (χ1) is 6.91. The number of carbonyl (C=O) groups excluding carboxylic acids is 1. The summed E-state index contributed by atoms with van der Waals surface area (Å²) in [4.78, 5) is 14.6. The maximum Gasteiger partial charge on any atom is 1.00 e. The fourth-order valence-electron chi connectivity index (χ4n) is 0.783. The number of nitrogens with zero attached hydrogens (tertiary/aromatic N) is 1. The molecule has 80 valence electrons. The first-order valence-corrected chi connectivity index (χ1v) is 3.82. The van der Waals surface area contributed by atoms with E-state index in [1.807, 2.05) is 0 Å². The van der Waals surface area contributed by atoms with Crippen LogP contribution >= 0.6 is 0 Å². The predicted molar refractivity (Wildman–Crippen MR) is 42.7 cm³/mol. The predicted octanol–water partition coefficient (Wildman–Crippen LogP) is -1.93. The number of pyridine rings is 1. The quantitative estimate of drug-likeness (QED) is 0.261. The zero-order valence-corrected chi connectivity index (χ0v) is 10.3. The molecule has 3 nitrogen and oxygen atoms in total. The Morgan fingerprint density at radius 1 is 1.38 bits per heavy atom. The molecule has 1 rings (SSSR count). The molecule has 0 bridgehead atoms. The van der Waals surface area contributed by atoms with E-state index in [4.69, 9.17) is 0 Å². The van der Waals surface area contributed by atoms with Gasteiger partial charge in [-0.25, -0.2) is 0 Å². The van der Waals surface area contributed by atoms with Crippen LogP contribution in [0.5, 0.6) is 0 Å². The fourth-order valence-corrected chi connectivity index (χ4v) is 0.783. The number of ketones is 1. The van der Waals surface area contributed by atoms with E-state index in [1.54, 1.807) is 0 Å². The van der Waals surface area contributed by atoms with Gasteiger partial charge in [0.25, 0.3) is 0 Å². The summed E-state index contributed by atoms with van der Waals surface area (Å²) < 4.78 is 35.3. The third-order valence-electron chi connectivity index (χ3n) is 1.46. The van der Waals surface area contributed by atoms with Crippen LogP contribution in [0.25, 0.3) is 0 Å². The molecule has 0 fully saturated rings. The van der Waals surface area contributed by atoms with Crippen LogP contribution in [-0.2, 0) is 0 Å². The molecule has 0 amide bonds. The van der Waals surface area contributed by atoms with Gasteiger partial charge < -0.3 is 5.11 Å². The molecule has 0 spiro atoms. The van der Waals surface area contributed by atoms with Gasteiger partial charge in [0.05, 0.1) is 0 Å². The van der Waals surface area contributed by atoms with Crippen LogP contribution in [0.2, 0.25) is 0 Å². The molecule has 0 atom stereocenters. The third-order valence-corrected chi connectivity index (χ3v) is 1.46. The van der Waals surface area contributed by atoms with Crippen LogP contribution in [0.3, 0.4) is 0 Å². The van der Waals surface area contributed by atoms with Gasteiger partial charge in [-0.1, -0.05) is 6.07 Å². The van der Waals surface area contributed by atoms with Crippen molar-refractivity contribution in [3.05, 3.63) is 41.9 Å². The maximum absolute atomic E-state index is 11.8. The number of carbonyl (C=O) groups is 1. The molecule has 0 aliphatic carbocycles. The van der Waals surface area contributed by atoms with Crippen LogP contribution in [0.1, 0.15) is 10.5 Å². The van der Waals surface area contributed by atoms with Crippen molar-refractivity contribution < 1.29 is 52.6 Å². The number of hydrogen-bond donors (Lipinski definition) is 0. The summed E-state index contributed by atoms with van der Waals surface area (Å²) in [6.45, 7) is 0. The van der Waals surface area contributed by atoms with Gasteiger partial charge >= 0.3 is 35.7 Å². The summed E-state index contributed by atoms with van der Waals surface area (Å²) in [5.74, 6) is -3.24. The topological polar surface area (TPSA) is 53.0 Å². The normalized spacial score (nSPS) is 11.8. The third kappa shape index (κ3) is 4.34. The van der Waals surface area contributed by atoms with Gasteiger partial charge in [-0.15, -0.1) is 0 Å². The van der Waals surface area contributed by atoms with Crippen molar-refractivity contribution in [2.24, 2.45) is 0 Å². The number of alkyl halides is 3. The van der Waals surface area contributed by atoms with Crippen LogP contribution in [0.15, 0.2) is 36.2 Å². The van der Waals surface area contributed by atoms with E-state index in [-0.39, 0.29) is 41.3 Å². The average molecular weight is 239 g/mol. The van der Waals surface area contributed by atoms with Gasteiger partial charge in [0.2, 0.25) is 5.78 Å². The molecule has 0 saturated heterocycles. The molecule has 16 heavy (non-hydrogen) atoms. The van der Waals surface area contributed by atoms with E-state index in [0.29, 0.717) is 0 Å². The number of halogens is 3. The molecule has 1 aromatic rings. The summed E-state index contributed by atoms with van der Waals surface area (Å²) in [5, 5.41) is 10.4. The number of hydrogen-bond acceptors (Lipinski definition) is 3. The molecule has 0 saturated carbocycles. The van der Waals surface area contributed by atoms with Crippen molar-refractivity contribution in [2.45, 2.75) is 6.18 Å². The zero-order valence-electron chi connectivity index (χ0n) is 8.28. The van der Waals surface area contributed by atoms with E-state index in [1.165, 1.54) is 24.4 Å². The smallest absolute Gasteiger partial charge is 0.869 e. The Kier molecular flexibility index (Phi) is 5.71. The van der Waals surface area contributed by atoms with Crippen LogP contribution in [-0.4, -0.2) is 16.9 Å². The second-order valence-electron chi connectivity index (χ2n) is 2.59. The van der Waals surface area contributed by atoms with Crippen LogP contribution < -0.4 is 34.7 Å². The van der Waals surface area contributed by atoms with Gasteiger partial charge in [0, 0.05) is 6.20 Å². The molecule has 1 aromatic heterocycles. The first-order valence-electron chi connectivity index (χ1n) is 3.82. The molecule has 0 aliphatic rings. The molecule has 0 N–H and O–H groups in total. The number of aromatic nitrogens is 1. The molecule has 0 aliphatic heterocycles. The summed E-state index contributed by atoms with van der Waals surface area (Å²) in [6.07, 6.45) is -3.79. The van der Waals surface area contributed by atoms with Gasteiger partial charge in [-0.2, -0.15) is 13.2 Å². The van der Waals surface area contributed by atoms with Gasteiger partial charge in [0.1, 0.15) is 5.69 Å². The minimum absolute atomic E-state index is 0. The van der Waals surface area contributed by atoms with Gasteiger partial charge in [-0.05, 0) is 24.0 Å². The molecule has 7 heteroatoms. The summed E-state index contributed by atoms with van der Waals surface area (Å²) in [6, 6.07) is 4.16. The standard InChI is InChI=1S/C9H6F3NO2.Na/c10-9(11,12)8(15)5-7(14)6-3-1-2-4-13-6;/h1-5,15H;/q;+1/p-1/b8-5+;. The van der Waals surface area contributed by atoms with Crippen molar-refractivity contribution in [1.29, 1.82) is 0 Å². The van der Waals surface area contributed by atoms with Crippen molar-refractivity contribution >= 4 is 5.78 Å². The Hall–Kier alpha value is -0.850. The van der Waals surface area contributed by atoms with E-state index in [9.17, 15) is 23.1 Å². The van der Waals surface area contributed by atoms with Crippen LogP contribution in [0.4, 0.5) is 13.2 Å². The molecule has 0 unspecified atom stereocenters. The summed E-state index contributed by atoms with van der Waals surface area (Å²) in [7, 11) is 0. The summed E-state index contributed by atoms with van der Waals surface area (Å²) in [5.41, 5.74) is -0.199. The van der Waals surface area contributed by atoms with E-state index in [0.717, 1.165) is 0 Å². The van der Waals surface area contributed by atoms with Crippen molar-refractivity contribution in [3.63, 3.8) is 0 Å². The maximum atomic E-state index is 11.8. The zero-order chi connectivity index (χ0) is 11.5. The Morgan fingerprint density at radius 3 is 2.44 bits per heavy atom. The first kappa shape index (κ1) is 15.2. The average Bonchev–Trinajstić information content (AvgIpc) is 2.17. The second-order valence-corrected chi connectivity index (χ2v) is 2.59. The van der Waals surface area contributed by atoms with Crippen molar-refractivity contribution in [3.8, 4) is 0 Å². The molecular formula is C9H5F3NNaO2. The van der Waals surface area contributed by atoms with Gasteiger partial charge in [0.15, 0.2) is 0 Å². The largest absolute Gasteiger partial charge is 1.00 e. The monoisotopic (exact) mass is 239 g/mol. The van der Waals surface area contributed by atoms with E-state index in [2.05, 4.69) is 4.98 Å². The minimum Gasteiger partial charge on any atom is -0.869 e. The fraction of sp³-hybridized carbons (Fsp3) is 0.111. The molecule has 0 radical (unpaired) electrons. The Morgan fingerprint density at radius 2 is 2.00 bits per heavy atom. The molecule has 0 aromatic carbocycles. The number of rotatable bonds is 2. The Labute approximate surface area is 111 Å². The van der Waals surface area contributed by atoms with E-state index >= 15 is 0 Å². The minimum atomic E-state index is -5.02. The van der Waals surface area contributed by atoms with Crippen LogP contribution in [0, 0.1) is 0 Å². The van der Waals surface area contributed by atoms with Crippen molar-refractivity contribution in [2.75, 3.05) is 0 Å². The SMILES string of the molecule is O=C(/C=C(/[O-])C(F)(F)F)c1ccccn1.[Na+]. The second kappa shape index (κ2) is 6.03. The molecule has 1 heterocycles.